The predicted molar refractivity (Wildman–Crippen MR) is 147 cm³/mol. The Morgan fingerprint density at radius 1 is 1.10 bits per heavy atom. The van der Waals surface area contributed by atoms with Crippen LogP contribution >= 0.6 is 0 Å². The lowest BCUT2D eigenvalue weighted by atomic mass is 9.83. The van der Waals surface area contributed by atoms with Gasteiger partial charge >= 0.3 is 5.97 Å². The van der Waals surface area contributed by atoms with Crippen LogP contribution in [0.25, 0.3) is 0 Å². The van der Waals surface area contributed by atoms with E-state index in [0.29, 0.717) is 37.4 Å². The number of aryl methyl sites for hydroxylation is 1. The Kier molecular flexibility index (Phi) is 10.1. The number of carboxylic acids is 1. The van der Waals surface area contributed by atoms with Gasteiger partial charge in [0.25, 0.3) is 0 Å². The molecule has 2 aliphatic rings. The third-order valence-corrected chi connectivity index (χ3v) is 7.70. The second kappa shape index (κ2) is 13.7. The molecule has 10 heteroatoms. The molecule has 0 radical (unpaired) electrons. The third kappa shape index (κ3) is 7.45. The maximum absolute atomic E-state index is 13.6. The third-order valence-electron chi connectivity index (χ3n) is 7.70. The zero-order valence-corrected chi connectivity index (χ0v) is 23.3. The normalized spacial score (nSPS) is 20.5. The minimum Gasteiger partial charge on any atom is -0.481 e. The predicted octanol–water partition coefficient (Wildman–Crippen LogP) is 2.89. The van der Waals surface area contributed by atoms with E-state index in [1.165, 1.54) is 6.33 Å². The number of ether oxygens (including phenoxy) is 2. The Bertz CT molecular complexity index is 1100. The van der Waals surface area contributed by atoms with Crippen molar-refractivity contribution in [1.82, 2.24) is 24.7 Å². The quantitative estimate of drug-likeness (QED) is 0.388. The number of carboxylic acid groups (broad SMARTS) is 1. The number of aliphatic carboxylic acids is 1. The molecule has 1 fully saturated rings. The summed E-state index contributed by atoms with van der Waals surface area (Å²) in [5.41, 5.74) is 1.75. The number of fused-ring (bicyclic) bond motifs is 1. The minimum atomic E-state index is -0.853. The van der Waals surface area contributed by atoms with Gasteiger partial charge in [-0.3, -0.25) is 14.5 Å². The number of amides is 1. The number of rotatable bonds is 14. The van der Waals surface area contributed by atoms with E-state index in [1.807, 2.05) is 43.3 Å². The average Bonchev–Trinajstić information content (AvgIpc) is 3.54. The maximum atomic E-state index is 13.6. The number of aromatic nitrogens is 2. The SMILES string of the molecule is CCCCN(CCCN(C)C)C(=O)CN1C[C@H](c2ccc3c(c2)OCO3)[C@@H](C(=O)O)[C@@H]1CCc1ccncn1. The first-order chi connectivity index (χ1) is 18.9. The summed E-state index contributed by atoms with van der Waals surface area (Å²) in [5.74, 6) is -0.440. The number of carbonyl (C=O) groups excluding carboxylic acids is 1. The number of hydrogen-bond donors (Lipinski definition) is 1. The summed E-state index contributed by atoms with van der Waals surface area (Å²) in [7, 11) is 4.07. The molecule has 1 aromatic carbocycles. The van der Waals surface area contributed by atoms with Crippen LogP contribution in [0.3, 0.4) is 0 Å². The van der Waals surface area contributed by atoms with E-state index >= 15 is 0 Å². The van der Waals surface area contributed by atoms with Crippen molar-refractivity contribution in [3.05, 3.63) is 48.0 Å². The summed E-state index contributed by atoms with van der Waals surface area (Å²) >= 11 is 0. The number of nitrogens with zero attached hydrogens (tertiary/aromatic N) is 5. The first-order valence-electron chi connectivity index (χ1n) is 13.9. The fourth-order valence-electron chi connectivity index (χ4n) is 5.66. The highest BCUT2D eigenvalue weighted by atomic mass is 16.7. The molecule has 39 heavy (non-hydrogen) atoms. The topological polar surface area (TPSA) is 108 Å². The van der Waals surface area contributed by atoms with Crippen molar-refractivity contribution in [3.8, 4) is 11.5 Å². The molecule has 0 saturated carbocycles. The standard InChI is InChI=1S/C29H41N5O5/c1-4-5-14-33(15-6-13-32(2)3)27(35)18-34-17-23(21-7-10-25-26(16-21)39-20-38-25)28(29(36)37)24(34)9-8-22-11-12-30-19-31-22/h7,10-12,16,19,23-24,28H,4-6,8-9,13-15,17-18,20H2,1-3H3,(H,36,37)/t23-,24+,28-/m1/s1. The molecule has 1 N–H and O–H groups in total. The first kappa shape index (κ1) is 28.8. The summed E-state index contributed by atoms with van der Waals surface area (Å²) in [6.07, 6.45) is 7.25. The van der Waals surface area contributed by atoms with E-state index in [9.17, 15) is 14.7 Å². The number of unbranched alkanes of at least 4 members (excludes halogenated alkanes) is 1. The summed E-state index contributed by atoms with van der Waals surface area (Å²) in [5, 5.41) is 10.4. The molecule has 3 atom stereocenters. The van der Waals surface area contributed by atoms with Gasteiger partial charge in [0.2, 0.25) is 12.7 Å². The lowest BCUT2D eigenvalue weighted by molar-refractivity contribution is -0.143. The Morgan fingerprint density at radius 2 is 1.90 bits per heavy atom. The molecule has 10 nitrogen and oxygen atoms in total. The van der Waals surface area contributed by atoms with Gasteiger partial charge in [0.15, 0.2) is 11.5 Å². The molecule has 1 amide bonds. The van der Waals surface area contributed by atoms with Crippen molar-refractivity contribution >= 4 is 11.9 Å². The number of likely N-dealkylation sites (tertiary alicyclic amines) is 1. The van der Waals surface area contributed by atoms with Crippen molar-refractivity contribution in [2.75, 3.05) is 53.6 Å². The molecule has 212 valence electrons. The highest BCUT2D eigenvalue weighted by Crippen LogP contribution is 2.43. The molecule has 4 rings (SSSR count). The molecular weight excluding hydrogens is 498 g/mol. The Labute approximate surface area is 230 Å². The van der Waals surface area contributed by atoms with Crippen molar-refractivity contribution in [3.63, 3.8) is 0 Å². The smallest absolute Gasteiger partial charge is 0.308 e. The largest absolute Gasteiger partial charge is 0.481 e. The highest BCUT2D eigenvalue weighted by molar-refractivity contribution is 5.79. The summed E-state index contributed by atoms with van der Waals surface area (Å²) in [6, 6.07) is 7.21. The zero-order valence-electron chi connectivity index (χ0n) is 23.3. The van der Waals surface area contributed by atoms with Crippen LogP contribution in [-0.4, -0.2) is 101 Å². The van der Waals surface area contributed by atoms with Gasteiger partial charge in [-0.15, -0.1) is 0 Å². The van der Waals surface area contributed by atoms with Crippen LogP contribution in [-0.2, 0) is 16.0 Å². The van der Waals surface area contributed by atoms with E-state index < -0.39 is 11.9 Å². The highest BCUT2D eigenvalue weighted by Gasteiger charge is 2.47. The molecular formula is C29H41N5O5. The molecule has 0 bridgehead atoms. The lowest BCUT2D eigenvalue weighted by Gasteiger charge is -2.30. The van der Waals surface area contributed by atoms with Gasteiger partial charge < -0.3 is 24.4 Å². The van der Waals surface area contributed by atoms with E-state index in [4.69, 9.17) is 9.47 Å². The Balaban J connectivity index is 1.56. The molecule has 0 spiro atoms. The number of carbonyl (C=O) groups is 2. The van der Waals surface area contributed by atoms with Crippen LogP contribution in [0.15, 0.2) is 36.8 Å². The fraction of sp³-hybridized carbons (Fsp3) is 0.586. The lowest BCUT2D eigenvalue weighted by Crippen LogP contribution is -2.45. The van der Waals surface area contributed by atoms with Gasteiger partial charge in [-0.1, -0.05) is 19.4 Å². The second-order valence-corrected chi connectivity index (χ2v) is 10.7. The van der Waals surface area contributed by atoms with Crippen molar-refractivity contribution in [2.24, 2.45) is 5.92 Å². The molecule has 1 aromatic heterocycles. The Morgan fingerprint density at radius 3 is 2.62 bits per heavy atom. The van der Waals surface area contributed by atoms with Crippen LogP contribution < -0.4 is 9.47 Å². The van der Waals surface area contributed by atoms with Crippen LogP contribution in [0, 0.1) is 5.92 Å². The van der Waals surface area contributed by atoms with Gasteiger partial charge in [0.05, 0.1) is 12.5 Å². The minimum absolute atomic E-state index is 0.0599. The van der Waals surface area contributed by atoms with Crippen LogP contribution in [0.2, 0.25) is 0 Å². The van der Waals surface area contributed by atoms with E-state index in [-0.39, 0.29) is 31.2 Å². The molecule has 1 saturated heterocycles. The monoisotopic (exact) mass is 539 g/mol. The van der Waals surface area contributed by atoms with Crippen molar-refractivity contribution in [1.29, 1.82) is 0 Å². The molecule has 2 aromatic rings. The number of benzene rings is 1. The maximum Gasteiger partial charge on any atom is 0.308 e. The average molecular weight is 540 g/mol. The molecule has 3 heterocycles. The van der Waals surface area contributed by atoms with Crippen LogP contribution in [0.4, 0.5) is 0 Å². The number of hydrogen-bond acceptors (Lipinski definition) is 8. The van der Waals surface area contributed by atoms with Crippen LogP contribution in [0.5, 0.6) is 11.5 Å². The summed E-state index contributed by atoms with van der Waals surface area (Å²) in [4.78, 5) is 40.9. The summed E-state index contributed by atoms with van der Waals surface area (Å²) in [6.45, 7) is 5.30. The van der Waals surface area contributed by atoms with Gasteiger partial charge in [0, 0.05) is 43.5 Å². The molecule has 2 aliphatic heterocycles. The van der Waals surface area contributed by atoms with Gasteiger partial charge in [0.1, 0.15) is 6.33 Å². The van der Waals surface area contributed by atoms with E-state index in [2.05, 4.69) is 26.7 Å². The molecule has 0 aliphatic carbocycles. The van der Waals surface area contributed by atoms with Crippen molar-refractivity contribution < 1.29 is 24.2 Å². The summed E-state index contributed by atoms with van der Waals surface area (Å²) < 4.78 is 11.0. The van der Waals surface area contributed by atoms with Gasteiger partial charge in [-0.05, 0) is 70.1 Å². The van der Waals surface area contributed by atoms with Gasteiger partial charge in [-0.25, -0.2) is 9.97 Å². The van der Waals surface area contributed by atoms with Gasteiger partial charge in [-0.2, -0.15) is 0 Å². The first-order valence-corrected chi connectivity index (χ1v) is 13.9. The van der Waals surface area contributed by atoms with Crippen molar-refractivity contribution in [2.45, 2.75) is 51.0 Å². The van der Waals surface area contributed by atoms with Crippen LogP contribution in [0.1, 0.15) is 49.8 Å². The zero-order chi connectivity index (χ0) is 27.8. The van der Waals surface area contributed by atoms with E-state index in [1.54, 1.807) is 6.20 Å². The Hall–Kier alpha value is -3.24. The fourth-order valence-corrected chi connectivity index (χ4v) is 5.66. The van der Waals surface area contributed by atoms with E-state index in [0.717, 1.165) is 43.6 Å². The second-order valence-electron chi connectivity index (χ2n) is 10.7. The molecule has 0 unspecified atom stereocenters.